The van der Waals surface area contributed by atoms with Crippen LogP contribution in [0.15, 0.2) is 52.0 Å². The number of hydrazone groups is 1. The van der Waals surface area contributed by atoms with Crippen molar-refractivity contribution in [1.29, 1.82) is 0 Å². The van der Waals surface area contributed by atoms with Crippen LogP contribution in [-0.4, -0.2) is 35.4 Å². The fraction of sp³-hybridized carbons (Fsp3) is 0.333. The van der Waals surface area contributed by atoms with Gasteiger partial charge in [0, 0.05) is 18.3 Å². The van der Waals surface area contributed by atoms with Crippen LogP contribution in [-0.2, 0) is 6.54 Å². The number of benzene rings is 1. The molecule has 132 valence electrons. The van der Waals surface area contributed by atoms with Gasteiger partial charge < -0.3 is 15.5 Å². The summed E-state index contributed by atoms with van der Waals surface area (Å²) < 4.78 is 5.80. The summed E-state index contributed by atoms with van der Waals surface area (Å²) in [5.41, 5.74) is 9.00. The number of nitrogens with two attached hydrogens (primary N) is 1. The number of anilines is 1. The number of furan rings is 1. The van der Waals surface area contributed by atoms with Gasteiger partial charge in [-0.1, -0.05) is 18.2 Å². The first-order valence-electron chi connectivity index (χ1n) is 8.41. The van der Waals surface area contributed by atoms with Crippen LogP contribution in [0, 0.1) is 0 Å². The number of rotatable bonds is 7. The van der Waals surface area contributed by atoms with Gasteiger partial charge in [-0.25, -0.2) is 0 Å². The zero-order valence-corrected chi connectivity index (χ0v) is 14.8. The normalized spacial score (nSPS) is 17.8. The van der Waals surface area contributed by atoms with Crippen molar-refractivity contribution in [2.24, 2.45) is 10.8 Å². The molecule has 4 N–H and O–H groups in total. The summed E-state index contributed by atoms with van der Waals surface area (Å²) >= 11 is 4.69. The van der Waals surface area contributed by atoms with Crippen LogP contribution in [0.2, 0.25) is 0 Å². The third-order valence-corrected chi connectivity index (χ3v) is 4.31. The van der Waals surface area contributed by atoms with Crippen molar-refractivity contribution in [1.82, 2.24) is 10.3 Å². The molecule has 0 bridgehead atoms. The molecule has 0 saturated carbocycles. The van der Waals surface area contributed by atoms with E-state index in [0.29, 0.717) is 11.8 Å². The van der Waals surface area contributed by atoms with E-state index in [-0.39, 0.29) is 5.11 Å². The number of nitrogens with one attached hydrogen (secondary N) is 2. The Bertz CT molecular complexity index is 715. The van der Waals surface area contributed by atoms with Crippen LogP contribution in [0.3, 0.4) is 0 Å². The largest absolute Gasteiger partial charge is 0.459 e. The molecule has 1 aromatic carbocycles. The first-order valence-corrected chi connectivity index (χ1v) is 8.82. The summed E-state index contributed by atoms with van der Waals surface area (Å²) in [5.74, 6) is 1.61. The summed E-state index contributed by atoms with van der Waals surface area (Å²) in [7, 11) is 0. The molecule has 1 aromatic heterocycles. The zero-order chi connectivity index (χ0) is 17.5. The van der Waals surface area contributed by atoms with E-state index in [1.807, 2.05) is 30.3 Å². The van der Waals surface area contributed by atoms with Crippen LogP contribution >= 0.6 is 12.2 Å². The monoisotopic (exact) mass is 357 g/mol. The number of para-hydroxylation sites is 1. The molecule has 1 saturated heterocycles. The quantitative estimate of drug-likeness (QED) is 0.401. The van der Waals surface area contributed by atoms with E-state index < -0.39 is 0 Å². The Hall–Kier alpha value is -2.38. The summed E-state index contributed by atoms with van der Waals surface area (Å²) in [6, 6.07) is 14.7. The second-order valence-corrected chi connectivity index (χ2v) is 6.49. The fourth-order valence-corrected chi connectivity index (χ4v) is 3.09. The standard InChI is InChI=1S/C18H23N5OS/c19-18(25)22-21-12-16-8-9-17(24-16)13-23-10-4-7-15(23)11-20-14-5-2-1-3-6-14/h1-3,5-6,8-9,12,15,20H,4,7,10-11,13H2,(H3,19,22,25)/b21-12+/t15-/m1/s1. The molecule has 0 aliphatic carbocycles. The predicted octanol–water partition coefficient (Wildman–Crippen LogP) is 2.52. The van der Waals surface area contributed by atoms with Gasteiger partial charge in [0.2, 0.25) is 0 Å². The minimum atomic E-state index is 0.133. The third-order valence-electron chi connectivity index (χ3n) is 4.22. The Labute approximate surface area is 153 Å². The molecule has 6 nitrogen and oxygen atoms in total. The van der Waals surface area contributed by atoms with E-state index in [2.05, 4.69) is 32.9 Å². The molecule has 1 atom stereocenters. The Kier molecular flexibility index (Phi) is 6.03. The van der Waals surface area contributed by atoms with Crippen LogP contribution < -0.4 is 16.5 Å². The van der Waals surface area contributed by atoms with Crippen molar-refractivity contribution in [2.75, 3.05) is 18.4 Å². The van der Waals surface area contributed by atoms with Crippen molar-refractivity contribution in [3.05, 3.63) is 54.0 Å². The summed E-state index contributed by atoms with van der Waals surface area (Å²) in [4.78, 5) is 2.46. The first-order chi connectivity index (χ1) is 12.2. The van der Waals surface area contributed by atoms with Crippen molar-refractivity contribution in [2.45, 2.75) is 25.4 Å². The number of likely N-dealkylation sites (tertiary alicyclic amines) is 1. The minimum absolute atomic E-state index is 0.133. The first kappa shape index (κ1) is 17.4. The molecule has 3 rings (SSSR count). The van der Waals surface area contributed by atoms with Gasteiger partial charge in [-0.3, -0.25) is 10.3 Å². The lowest BCUT2D eigenvalue weighted by atomic mass is 10.2. The molecule has 1 fully saturated rings. The van der Waals surface area contributed by atoms with E-state index in [4.69, 9.17) is 22.4 Å². The number of hydrogen-bond acceptors (Lipinski definition) is 5. The van der Waals surface area contributed by atoms with Gasteiger partial charge in [0.1, 0.15) is 11.5 Å². The van der Waals surface area contributed by atoms with Crippen molar-refractivity contribution >= 4 is 29.2 Å². The van der Waals surface area contributed by atoms with Gasteiger partial charge >= 0.3 is 0 Å². The van der Waals surface area contributed by atoms with Gasteiger partial charge in [0.15, 0.2) is 5.11 Å². The highest BCUT2D eigenvalue weighted by Crippen LogP contribution is 2.21. The highest BCUT2D eigenvalue weighted by molar-refractivity contribution is 7.80. The Balaban J connectivity index is 1.52. The second-order valence-electron chi connectivity index (χ2n) is 6.05. The number of hydrogen-bond donors (Lipinski definition) is 3. The number of thiocarbonyl (C=S) groups is 1. The van der Waals surface area contributed by atoms with E-state index in [9.17, 15) is 0 Å². The average molecular weight is 357 g/mol. The molecule has 25 heavy (non-hydrogen) atoms. The summed E-state index contributed by atoms with van der Waals surface area (Å²) in [6.07, 6.45) is 3.99. The maximum Gasteiger partial charge on any atom is 0.184 e. The van der Waals surface area contributed by atoms with Crippen LogP contribution in [0.5, 0.6) is 0 Å². The maximum atomic E-state index is 5.80. The van der Waals surface area contributed by atoms with E-state index >= 15 is 0 Å². The van der Waals surface area contributed by atoms with Crippen molar-refractivity contribution in [3.8, 4) is 0 Å². The minimum Gasteiger partial charge on any atom is -0.459 e. The molecular formula is C18H23N5OS. The van der Waals surface area contributed by atoms with Gasteiger partial charge in [-0.15, -0.1) is 0 Å². The lowest BCUT2D eigenvalue weighted by Crippen LogP contribution is -2.34. The molecule has 0 spiro atoms. The maximum absolute atomic E-state index is 5.80. The Morgan fingerprint density at radius 3 is 2.96 bits per heavy atom. The summed E-state index contributed by atoms with van der Waals surface area (Å²) in [6.45, 7) is 2.84. The van der Waals surface area contributed by atoms with Crippen LogP contribution in [0.25, 0.3) is 0 Å². The highest BCUT2D eigenvalue weighted by Gasteiger charge is 2.25. The molecule has 0 radical (unpaired) electrons. The van der Waals surface area contributed by atoms with Crippen molar-refractivity contribution < 1.29 is 4.42 Å². The second kappa shape index (κ2) is 8.64. The highest BCUT2D eigenvalue weighted by atomic mass is 32.1. The lowest BCUT2D eigenvalue weighted by molar-refractivity contribution is 0.233. The van der Waals surface area contributed by atoms with Gasteiger partial charge in [-0.2, -0.15) is 5.10 Å². The lowest BCUT2D eigenvalue weighted by Gasteiger charge is -2.24. The molecule has 0 unspecified atom stereocenters. The number of nitrogens with zero attached hydrogens (tertiary/aromatic N) is 2. The fourth-order valence-electron chi connectivity index (χ4n) is 3.03. The molecule has 1 aliphatic heterocycles. The topological polar surface area (TPSA) is 78.8 Å². The van der Waals surface area contributed by atoms with Gasteiger partial charge in [-0.05, 0) is 55.9 Å². The van der Waals surface area contributed by atoms with E-state index in [0.717, 1.165) is 31.1 Å². The van der Waals surface area contributed by atoms with Crippen LogP contribution in [0.4, 0.5) is 5.69 Å². The summed E-state index contributed by atoms with van der Waals surface area (Å²) in [5, 5.41) is 7.56. The molecular weight excluding hydrogens is 334 g/mol. The zero-order valence-electron chi connectivity index (χ0n) is 14.0. The predicted molar refractivity (Wildman–Crippen MR) is 105 cm³/mol. The Morgan fingerprint density at radius 1 is 1.32 bits per heavy atom. The molecule has 1 aliphatic rings. The van der Waals surface area contributed by atoms with E-state index in [1.54, 1.807) is 6.21 Å². The smallest absolute Gasteiger partial charge is 0.184 e. The van der Waals surface area contributed by atoms with Crippen molar-refractivity contribution in [3.63, 3.8) is 0 Å². The van der Waals surface area contributed by atoms with E-state index in [1.165, 1.54) is 12.8 Å². The van der Waals surface area contributed by atoms with Crippen LogP contribution in [0.1, 0.15) is 24.4 Å². The molecule has 7 heteroatoms. The average Bonchev–Trinajstić information content (AvgIpc) is 3.23. The van der Waals surface area contributed by atoms with Gasteiger partial charge in [0.25, 0.3) is 0 Å². The molecule has 2 aromatic rings. The molecule has 0 amide bonds. The molecule has 2 heterocycles. The third kappa shape index (κ3) is 5.30. The SMILES string of the molecule is NC(=S)N/N=C/c1ccc(CN2CCC[C@@H]2CNc2ccccc2)o1. The van der Waals surface area contributed by atoms with Gasteiger partial charge in [0.05, 0.1) is 12.8 Å². The Morgan fingerprint density at radius 2 is 2.16 bits per heavy atom.